The molecule has 0 bridgehead atoms. The number of nitrogens with zero attached hydrogens (tertiary/aromatic N) is 4. The van der Waals surface area contributed by atoms with Crippen molar-refractivity contribution in [3.8, 4) is 5.75 Å². The molecule has 0 unspecified atom stereocenters. The Morgan fingerprint density at radius 3 is 2.79 bits per heavy atom. The Balaban J connectivity index is 1.61. The Kier molecular flexibility index (Phi) is 5.68. The van der Waals surface area contributed by atoms with Crippen LogP contribution < -0.4 is 15.4 Å². The van der Waals surface area contributed by atoms with Crippen molar-refractivity contribution in [3.63, 3.8) is 0 Å². The largest absolute Gasteiger partial charge is 0.488 e. The van der Waals surface area contributed by atoms with Crippen molar-refractivity contribution in [2.45, 2.75) is 12.5 Å². The molecule has 2 aromatic rings. The quantitative estimate of drug-likeness (QED) is 0.618. The lowest BCUT2D eigenvalue weighted by Gasteiger charge is -2.27. The van der Waals surface area contributed by atoms with Gasteiger partial charge in [-0.1, -0.05) is 0 Å². The molecule has 28 heavy (non-hydrogen) atoms. The fraction of sp³-hybridized carbons (Fsp3) is 0.450. The van der Waals surface area contributed by atoms with Crippen LogP contribution >= 0.6 is 0 Å². The zero-order valence-corrected chi connectivity index (χ0v) is 16.0. The number of hydrogen-bond donors (Lipinski definition) is 1. The summed E-state index contributed by atoms with van der Waals surface area (Å²) in [4.78, 5) is 15.5. The average molecular weight is 383 g/mol. The number of ether oxygens (including phenoxy) is 3. The van der Waals surface area contributed by atoms with Crippen molar-refractivity contribution < 1.29 is 14.2 Å². The molecule has 2 saturated heterocycles. The zero-order chi connectivity index (χ0) is 19.3. The number of nitrogens with two attached hydrogens (primary N) is 1. The number of rotatable bonds is 5. The molecule has 2 fully saturated rings. The minimum atomic E-state index is 0.0745. The first kappa shape index (κ1) is 18.6. The second kappa shape index (κ2) is 8.53. The molecular formula is C20H25N5O3. The van der Waals surface area contributed by atoms with E-state index in [4.69, 9.17) is 19.9 Å². The highest BCUT2D eigenvalue weighted by molar-refractivity contribution is 6.15. The van der Waals surface area contributed by atoms with Crippen molar-refractivity contribution in [2.75, 3.05) is 57.2 Å². The lowest BCUT2D eigenvalue weighted by atomic mass is 10.0. The van der Waals surface area contributed by atoms with Crippen LogP contribution in [0.1, 0.15) is 17.7 Å². The van der Waals surface area contributed by atoms with E-state index in [1.807, 2.05) is 24.3 Å². The monoisotopic (exact) mass is 383 g/mol. The van der Waals surface area contributed by atoms with E-state index in [0.717, 1.165) is 48.9 Å². The predicted octanol–water partition coefficient (Wildman–Crippen LogP) is 1.53. The summed E-state index contributed by atoms with van der Waals surface area (Å²) in [6.07, 6.45) is 2.53. The molecule has 0 spiro atoms. The number of nitrogen functional groups attached to an aromatic ring is 1. The summed E-state index contributed by atoms with van der Waals surface area (Å²) in [6, 6.07) is 7.59. The number of morpholine rings is 1. The molecule has 3 heterocycles. The third-order valence-electron chi connectivity index (χ3n) is 4.92. The van der Waals surface area contributed by atoms with Gasteiger partial charge in [-0.25, -0.2) is 9.97 Å². The molecule has 1 atom stereocenters. The Bertz CT molecular complexity index is 845. The van der Waals surface area contributed by atoms with E-state index in [1.54, 1.807) is 13.4 Å². The van der Waals surface area contributed by atoms with Crippen LogP contribution in [0.3, 0.4) is 0 Å². The van der Waals surface area contributed by atoms with Gasteiger partial charge in [-0.15, -0.1) is 0 Å². The maximum atomic E-state index is 6.26. The summed E-state index contributed by atoms with van der Waals surface area (Å²) in [5.74, 6) is 1.62. The summed E-state index contributed by atoms with van der Waals surface area (Å²) >= 11 is 0. The van der Waals surface area contributed by atoms with Crippen molar-refractivity contribution >= 4 is 17.2 Å². The van der Waals surface area contributed by atoms with Gasteiger partial charge in [-0.2, -0.15) is 0 Å². The molecule has 0 amide bonds. The van der Waals surface area contributed by atoms with Gasteiger partial charge in [0.1, 0.15) is 24.0 Å². The maximum absolute atomic E-state index is 6.26. The van der Waals surface area contributed by atoms with Gasteiger partial charge in [0.05, 0.1) is 37.8 Å². The third kappa shape index (κ3) is 4.07. The minimum absolute atomic E-state index is 0.0745. The van der Waals surface area contributed by atoms with Crippen molar-refractivity contribution in [1.82, 2.24) is 9.97 Å². The lowest BCUT2D eigenvalue weighted by Crippen LogP contribution is -2.36. The fourth-order valence-electron chi connectivity index (χ4n) is 3.43. The summed E-state index contributed by atoms with van der Waals surface area (Å²) < 4.78 is 16.8. The maximum Gasteiger partial charge on any atom is 0.132 e. The van der Waals surface area contributed by atoms with Crippen LogP contribution in [-0.2, 0) is 9.47 Å². The van der Waals surface area contributed by atoms with Crippen LogP contribution in [0.4, 0.5) is 11.5 Å². The smallest absolute Gasteiger partial charge is 0.132 e. The molecule has 8 nitrogen and oxygen atoms in total. The van der Waals surface area contributed by atoms with E-state index < -0.39 is 0 Å². The average Bonchev–Trinajstić information content (AvgIpc) is 3.25. The molecule has 0 radical (unpaired) electrons. The summed E-state index contributed by atoms with van der Waals surface area (Å²) in [5, 5.41) is 0. The van der Waals surface area contributed by atoms with E-state index in [-0.39, 0.29) is 6.10 Å². The van der Waals surface area contributed by atoms with E-state index in [9.17, 15) is 0 Å². The van der Waals surface area contributed by atoms with E-state index in [1.165, 1.54) is 0 Å². The standard InChI is InChI=1S/C20H25N5O3/c1-22-20(18-11-19(24-13-23-18)25-5-8-26-9-6-25)16-10-14(2-3-17(16)21)28-15-4-7-27-12-15/h2-3,10-11,13,15H,4-9,12,21H2,1H3/b22-20+/t15-/m1/s1. The fourth-order valence-corrected chi connectivity index (χ4v) is 3.43. The van der Waals surface area contributed by atoms with Gasteiger partial charge in [-0.3, -0.25) is 4.99 Å². The SMILES string of the molecule is C/N=C(/c1cc(N2CCOCC2)ncn1)c1cc(O[C@@H]2CCOC2)ccc1N. The zero-order valence-electron chi connectivity index (χ0n) is 16.0. The van der Waals surface area contributed by atoms with Crippen molar-refractivity contribution in [1.29, 1.82) is 0 Å². The molecule has 0 aliphatic carbocycles. The van der Waals surface area contributed by atoms with Gasteiger partial charge in [0, 0.05) is 43.9 Å². The highest BCUT2D eigenvalue weighted by atomic mass is 16.5. The first-order valence-corrected chi connectivity index (χ1v) is 9.51. The molecule has 2 aliphatic heterocycles. The highest BCUT2D eigenvalue weighted by Crippen LogP contribution is 2.25. The van der Waals surface area contributed by atoms with Gasteiger partial charge in [0.15, 0.2) is 0 Å². The molecule has 148 valence electrons. The number of anilines is 2. The topological polar surface area (TPSA) is 95.1 Å². The number of aromatic nitrogens is 2. The second-order valence-electron chi connectivity index (χ2n) is 6.79. The molecule has 1 aromatic heterocycles. The molecule has 2 aliphatic rings. The summed E-state index contributed by atoms with van der Waals surface area (Å²) in [7, 11) is 1.74. The number of benzene rings is 1. The molecule has 4 rings (SSSR count). The van der Waals surface area contributed by atoms with Crippen LogP contribution in [-0.4, -0.2) is 68.3 Å². The first-order chi connectivity index (χ1) is 13.7. The van der Waals surface area contributed by atoms with Crippen LogP contribution in [0, 0.1) is 0 Å². The molecule has 2 N–H and O–H groups in total. The van der Waals surface area contributed by atoms with Crippen molar-refractivity contribution in [2.24, 2.45) is 4.99 Å². The van der Waals surface area contributed by atoms with Gasteiger partial charge < -0.3 is 24.8 Å². The van der Waals surface area contributed by atoms with Gasteiger partial charge in [0.25, 0.3) is 0 Å². The van der Waals surface area contributed by atoms with E-state index in [0.29, 0.717) is 31.2 Å². The van der Waals surface area contributed by atoms with Crippen LogP contribution in [0.5, 0.6) is 5.75 Å². The van der Waals surface area contributed by atoms with Crippen LogP contribution in [0.2, 0.25) is 0 Å². The number of aliphatic imine (C=N–C) groups is 1. The highest BCUT2D eigenvalue weighted by Gasteiger charge is 2.20. The van der Waals surface area contributed by atoms with E-state index in [2.05, 4.69) is 19.9 Å². The molecular weight excluding hydrogens is 358 g/mol. The lowest BCUT2D eigenvalue weighted by molar-refractivity contribution is 0.122. The Hall–Kier alpha value is -2.71. The third-order valence-corrected chi connectivity index (χ3v) is 4.92. The van der Waals surface area contributed by atoms with Crippen LogP contribution in [0.25, 0.3) is 0 Å². The van der Waals surface area contributed by atoms with Gasteiger partial charge in [0.2, 0.25) is 0 Å². The predicted molar refractivity (Wildman–Crippen MR) is 107 cm³/mol. The first-order valence-electron chi connectivity index (χ1n) is 9.51. The normalized spacial score (nSPS) is 20.4. The Morgan fingerprint density at radius 2 is 2.04 bits per heavy atom. The van der Waals surface area contributed by atoms with Gasteiger partial charge in [-0.05, 0) is 18.2 Å². The molecule has 8 heteroatoms. The van der Waals surface area contributed by atoms with E-state index >= 15 is 0 Å². The Labute approximate surface area is 164 Å². The van der Waals surface area contributed by atoms with Crippen LogP contribution in [0.15, 0.2) is 35.6 Å². The Morgan fingerprint density at radius 1 is 1.18 bits per heavy atom. The molecule has 0 saturated carbocycles. The number of hydrogen-bond acceptors (Lipinski definition) is 8. The van der Waals surface area contributed by atoms with Crippen molar-refractivity contribution in [3.05, 3.63) is 41.9 Å². The summed E-state index contributed by atoms with van der Waals surface area (Å²) in [5.41, 5.74) is 9.12. The molecule has 1 aromatic carbocycles. The van der Waals surface area contributed by atoms with Gasteiger partial charge >= 0.3 is 0 Å². The second-order valence-corrected chi connectivity index (χ2v) is 6.79. The summed E-state index contributed by atoms with van der Waals surface area (Å²) in [6.45, 7) is 4.37. The minimum Gasteiger partial charge on any atom is -0.488 e.